The van der Waals surface area contributed by atoms with Crippen LogP contribution in [0.1, 0.15) is 53.4 Å². The van der Waals surface area contributed by atoms with Gasteiger partial charge in [0.15, 0.2) is 0 Å². The number of piperazine rings is 1. The lowest BCUT2D eigenvalue weighted by Gasteiger charge is -2.41. The van der Waals surface area contributed by atoms with Crippen molar-refractivity contribution in [3.63, 3.8) is 0 Å². The Morgan fingerprint density at radius 1 is 0.972 bits per heavy atom. The Hall–Kier alpha value is -3.44. The van der Waals surface area contributed by atoms with E-state index in [2.05, 4.69) is 75.7 Å². The van der Waals surface area contributed by atoms with Crippen LogP contribution in [-0.4, -0.2) is 50.9 Å². The summed E-state index contributed by atoms with van der Waals surface area (Å²) in [6.45, 7) is 8.44. The van der Waals surface area contributed by atoms with E-state index in [4.69, 9.17) is 0 Å². The molecule has 2 heterocycles. The monoisotopic (exact) mass is 480 g/mol. The van der Waals surface area contributed by atoms with Crippen LogP contribution in [0.25, 0.3) is 10.8 Å². The molecule has 0 aliphatic carbocycles. The molecule has 36 heavy (non-hydrogen) atoms. The summed E-state index contributed by atoms with van der Waals surface area (Å²) >= 11 is 0. The van der Waals surface area contributed by atoms with Crippen LogP contribution in [0.15, 0.2) is 79.3 Å². The van der Waals surface area contributed by atoms with Crippen LogP contribution in [0.3, 0.4) is 0 Å². The quantitative estimate of drug-likeness (QED) is 0.315. The first kappa shape index (κ1) is 24.3. The molecule has 3 aromatic carbocycles. The van der Waals surface area contributed by atoms with Crippen molar-refractivity contribution in [2.75, 3.05) is 19.6 Å². The number of fused-ring (bicyclic) bond motifs is 1. The highest BCUT2D eigenvalue weighted by atomic mass is 16.2. The van der Waals surface area contributed by atoms with Gasteiger partial charge < -0.3 is 9.47 Å². The maximum Gasteiger partial charge on any atom is 0.254 e. The number of imidazole rings is 1. The van der Waals surface area contributed by atoms with Crippen molar-refractivity contribution in [2.45, 2.75) is 52.2 Å². The first-order valence-corrected chi connectivity index (χ1v) is 13.2. The van der Waals surface area contributed by atoms with E-state index in [1.807, 2.05) is 36.8 Å². The number of hydrogen-bond donors (Lipinski definition) is 0. The van der Waals surface area contributed by atoms with E-state index in [0.717, 1.165) is 61.9 Å². The lowest BCUT2D eigenvalue weighted by molar-refractivity contribution is 0.0429. The third-order valence-corrected chi connectivity index (χ3v) is 7.44. The van der Waals surface area contributed by atoms with E-state index in [9.17, 15) is 4.79 Å². The van der Waals surface area contributed by atoms with Crippen molar-refractivity contribution >= 4 is 16.7 Å². The Kier molecular flexibility index (Phi) is 7.47. The summed E-state index contributed by atoms with van der Waals surface area (Å²) in [6, 6.07) is 23.3. The lowest BCUT2D eigenvalue weighted by Crippen LogP contribution is -2.54. The second-order valence-corrected chi connectivity index (χ2v) is 10.0. The Labute approximate surface area is 214 Å². The average Bonchev–Trinajstić information content (AvgIpc) is 3.35. The molecule has 0 N–H and O–H groups in total. The number of hydrogen-bond acceptors (Lipinski definition) is 3. The Morgan fingerprint density at radius 3 is 2.61 bits per heavy atom. The molecule has 0 spiro atoms. The van der Waals surface area contributed by atoms with E-state index in [1.165, 1.54) is 23.2 Å². The summed E-state index contributed by atoms with van der Waals surface area (Å²) < 4.78 is 2.26. The van der Waals surface area contributed by atoms with Gasteiger partial charge in [-0.2, -0.15) is 0 Å². The first-order valence-electron chi connectivity index (χ1n) is 13.2. The van der Waals surface area contributed by atoms with E-state index >= 15 is 0 Å². The highest BCUT2D eigenvalue weighted by Crippen LogP contribution is 2.24. The van der Waals surface area contributed by atoms with Gasteiger partial charge in [0.2, 0.25) is 0 Å². The molecule has 0 bridgehead atoms. The Bertz CT molecular complexity index is 1300. The molecule has 1 amide bonds. The number of aromatic nitrogens is 2. The lowest BCUT2D eigenvalue weighted by atomic mass is 10.0. The molecule has 5 heteroatoms. The fourth-order valence-corrected chi connectivity index (χ4v) is 5.30. The molecule has 4 aromatic rings. The van der Waals surface area contributed by atoms with Crippen molar-refractivity contribution in [1.82, 2.24) is 19.4 Å². The Morgan fingerprint density at radius 2 is 1.78 bits per heavy atom. The van der Waals surface area contributed by atoms with Crippen molar-refractivity contribution in [1.29, 1.82) is 0 Å². The number of aryl methyl sites for hydroxylation is 1. The maximum atomic E-state index is 13.6. The number of benzene rings is 3. The largest absolute Gasteiger partial charge is 0.336 e. The van der Waals surface area contributed by atoms with Crippen LogP contribution in [-0.2, 0) is 13.1 Å². The predicted molar refractivity (Wildman–Crippen MR) is 146 cm³/mol. The topological polar surface area (TPSA) is 41.4 Å². The molecule has 1 aliphatic heterocycles. The van der Waals surface area contributed by atoms with Crippen molar-refractivity contribution in [3.8, 4) is 0 Å². The van der Waals surface area contributed by atoms with E-state index in [1.54, 1.807) is 0 Å². The average molecular weight is 481 g/mol. The number of amides is 1. The molecule has 1 fully saturated rings. The minimum absolute atomic E-state index is 0.150. The third-order valence-electron chi connectivity index (χ3n) is 7.44. The van der Waals surface area contributed by atoms with Gasteiger partial charge in [-0.25, -0.2) is 4.98 Å². The van der Waals surface area contributed by atoms with Gasteiger partial charge in [0.25, 0.3) is 5.91 Å². The fourth-order valence-electron chi connectivity index (χ4n) is 5.30. The normalized spacial score (nSPS) is 16.5. The molecule has 5 rings (SSSR count). The standard InChI is InChI=1S/C31H36N4O/c1-3-4-10-27-21-34(31(36)30-12-7-9-26-8-5-6-11-29(26)30)18-17-33(27)22-28-19-32-23-35(28)20-25-15-13-24(2)14-16-25/h5-9,11-16,19,23,27H,3-4,10,17-18,20-22H2,1-2H3/t27-/m0/s1. The number of unbranched alkanes of at least 4 members (excludes halogenated alkanes) is 1. The second kappa shape index (κ2) is 11.1. The van der Waals surface area contributed by atoms with Crippen molar-refractivity contribution < 1.29 is 4.79 Å². The molecule has 1 atom stereocenters. The van der Waals surface area contributed by atoms with Gasteiger partial charge >= 0.3 is 0 Å². The molecule has 0 saturated carbocycles. The fraction of sp³-hybridized carbons (Fsp3) is 0.355. The zero-order chi connectivity index (χ0) is 24.9. The molecule has 1 aliphatic rings. The molecule has 0 unspecified atom stereocenters. The molecular formula is C31H36N4O. The van der Waals surface area contributed by atoms with Crippen LogP contribution < -0.4 is 0 Å². The molecular weight excluding hydrogens is 444 g/mol. The molecule has 5 nitrogen and oxygen atoms in total. The highest BCUT2D eigenvalue weighted by molar-refractivity contribution is 6.07. The van der Waals surface area contributed by atoms with Gasteiger partial charge in [0, 0.05) is 50.5 Å². The summed E-state index contributed by atoms with van der Waals surface area (Å²) in [5.41, 5.74) is 4.60. The molecule has 186 valence electrons. The maximum absolute atomic E-state index is 13.6. The summed E-state index contributed by atoms with van der Waals surface area (Å²) in [5, 5.41) is 2.16. The number of carbonyl (C=O) groups is 1. The number of nitrogens with zero attached hydrogens (tertiary/aromatic N) is 4. The van der Waals surface area contributed by atoms with E-state index in [0.29, 0.717) is 6.04 Å². The smallest absolute Gasteiger partial charge is 0.254 e. The summed E-state index contributed by atoms with van der Waals surface area (Å²) in [4.78, 5) is 22.7. The van der Waals surface area contributed by atoms with Crippen LogP contribution >= 0.6 is 0 Å². The van der Waals surface area contributed by atoms with Crippen LogP contribution in [0.2, 0.25) is 0 Å². The van der Waals surface area contributed by atoms with Gasteiger partial charge in [-0.1, -0.05) is 86.0 Å². The first-order chi connectivity index (χ1) is 17.6. The SMILES string of the molecule is CCCC[C@H]1CN(C(=O)c2cccc3ccccc23)CCN1Cc1cncn1Cc1ccc(C)cc1. The second-order valence-electron chi connectivity index (χ2n) is 10.0. The summed E-state index contributed by atoms with van der Waals surface area (Å²) in [6.07, 6.45) is 7.37. The molecule has 0 radical (unpaired) electrons. The predicted octanol–water partition coefficient (Wildman–Crippen LogP) is 5.91. The van der Waals surface area contributed by atoms with Crippen molar-refractivity contribution in [2.24, 2.45) is 0 Å². The highest BCUT2D eigenvalue weighted by Gasteiger charge is 2.30. The Balaban J connectivity index is 1.31. The number of carbonyl (C=O) groups excluding carboxylic acids is 1. The van der Waals surface area contributed by atoms with Gasteiger partial charge in [-0.3, -0.25) is 9.69 Å². The van der Waals surface area contributed by atoms with Gasteiger partial charge in [-0.15, -0.1) is 0 Å². The minimum atomic E-state index is 0.150. The van der Waals surface area contributed by atoms with Gasteiger partial charge in [0.05, 0.1) is 12.0 Å². The zero-order valence-electron chi connectivity index (χ0n) is 21.4. The molecule has 1 saturated heterocycles. The summed E-state index contributed by atoms with van der Waals surface area (Å²) in [5.74, 6) is 0.150. The van der Waals surface area contributed by atoms with Gasteiger partial charge in [0.1, 0.15) is 0 Å². The minimum Gasteiger partial charge on any atom is -0.336 e. The van der Waals surface area contributed by atoms with Crippen LogP contribution in [0, 0.1) is 6.92 Å². The van der Waals surface area contributed by atoms with E-state index < -0.39 is 0 Å². The van der Waals surface area contributed by atoms with Crippen LogP contribution in [0.5, 0.6) is 0 Å². The zero-order valence-corrected chi connectivity index (χ0v) is 21.4. The molecule has 1 aromatic heterocycles. The summed E-state index contributed by atoms with van der Waals surface area (Å²) in [7, 11) is 0. The van der Waals surface area contributed by atoms with Crippen LogP contribution in [0.4, 0.5) is 0 Å². The van der Waals surface area contributed by atoms with E-state index in [-0.39, 0.29) is 5.91 Å². The van der Waals surface area contributed by atoms with Crippen molar-refractivity contribution in [3.05, 3.63) is 102 Å². The van der Waals surface area contributed by atoms with Gasteiger partial charge in [-0.05, 0) is 35.7 Å². The third kappa shape index (κ3) is 5.36. The number of rotatable bonds is 8.